The van der Waals surface area contributed by atoms with Crippen LogP contribution in [-0.4, -0.2) is 13.1 Å². The zero-order valence-corrected chi connectivity index (χ0v) is 11.5. The smallest absolute Gasteiger partial charge is 0.416 e. The molecule has 0 N–H and O–H groups in total. The average Bonchev–Trinajstić information content (AvgIpc) is 2.37. The zero-order chi connectivity index (χ0) is 16.4. The maximum Gasteiger partial charge on any atom is 0.416 e. The van der Waals surface area contributed by atoms with Gasteiger partial charge in [-0.15, -0.1) is 0 Å². The number of esters is 1. The Hall–Kier alpha value is -1.92. The molecular formula is C14H13F5O2. The number of methoxy groups -OCH3 is 1. The van der Waals surface area contributed by atoms with Gasteiger partial charge in [0.25, 0.3) is 6.08 Å². The normalized spacial score (nSPS) is 12.0. The number of halogens is 5. The van der Waals surface area contributed by atoms with Crippen LogP contribution in [0.5, 0.6) is 0 Å². The molecule has 0 atom stereocenters. The van der Waals surface area contributed by atoms with Gasteiger partial charge in [-0.05, 0) is 17.7 Å². The summed E-state index contributed by atoms with van der Waals surface area (Å²) < 4.78 is 67.7. The Balaban J connectivity index is 3.30. The molecule has 1 rings (SSSR count). The summed E-state index contributed by atoms with van der Waals surface area (Å²) in [6.07, 6.45) is -6.75. The zero-order valence-electron chi connectivity index (χ0n) is 11.5. The lowest BCUT2D eigenvalue weighted by Gasteiger charge is -2.26. The Morgan fingerprint density at radius 2 is 1.43 bits per heavy atom. The third-order valence-electron chi connectivity index (χ3n) is 3.14. The van der Waals surface area contributed by atoms with Gasteiger partial charge in [-0.1, -0.05) is 26.0 Å². The monoisotopic (exact) mass is 308 g/mol. The van der Waals surface area contributed by atoms with Gasteiger partial charge in [-0.3, -0.25) is 0 Å². The van der Waals surface area contributed by atoms with Crippen molar-refractivity contribution < 1.29 is 31.5 Å². The van der Waals surface area contributed by atoms with E-state index in [9.17, 15) is 26.7 Å². The lowest BCUT2D eigenvalue weighted by molar-refractivity contribution is -0.138. The van der Waals surface area contributed by atoms with Crippen molar-refractivity contribution in [3.8, 4) is 0 Å². The lowest BCUT2D eigenvalue weighted by Crippen LogP contribution is -2.27. The second kappa shape index (κ2) is 5.83. The Morgan fingerprint density at radius 3 is 1.76 bits per heavy atom. The Labute approximate surface area is 118 Å². The van der Waals surface area contributed by atoms with Gasteiger partial charge in [-0.2, -0.15) is 22.0 Å². The first-order valence-corrected chi connectivity index (χ1v) is 5.83. The molecule has 0 heterocycles. The summed E-state index contributed by atoms with van der Waals surface area (Å²) >= 11 is 0. The molecule has 1 aromatic rings. The van der Waals surface area contributed by atoms with Crippen LogP contribution in [0.2, 0.25) is 0 Å². The fourth-order valence-electron chi connectivity index (χ4n) is 1.89. The molecule has 7 heteroatoms. The summed E-state index contributed by atoms with van der Waals surface area (Å²) in [6, 6.07) is 3.69. The maximum absolute atomic E-state index is 13.0. The highest BCUT2D eigenvalue weighted by molar-refractivity contribution is 5.91. The Kier molecular flexibility index (Phi) is 4.76. The fraction of sp³-hybridized carbons (Fsp3) is 0.357. The van der Waals surface area contributed by atoms with Crippen LogP contribution in [0.15, 0.2) is 35.9 Å². The molecule has 1 aromatic carbocycles. The predicted molar refractivity (Wildman–Crippen MR) is 65.7 cm³/mol. The second-order valence-corrected chi connectivity index (χ2v) is 4.83. The molecule has 21 heavy (non-hydrogen) atoms. The highest BCUT2D eigenvalue weighted by Crippen LogP contribution is 2.37. The van der Waals surface area contributed by atoms with Crippen molar-refractivity contribution >= 4 is 5.97 Å². The molecule has 2 nitrogen and oxygen atoms in total. The van der Waals surface area contributed by atoms with Gasteiger partial charge in [0.05, 0.1) is 12.7 Å². The Morgan fingerprint density at radius 1 is 1.00 bits per heavy atom. The molecule has 0 amide bonds. The van der Waals surface area contributed by atoms with E-state index in [2.05, 4.69) is 4.74 Å². The predicted octanol–water partition coefficient (Wildman–Crippen LogP) is 4.31. The highest BCUT2D eigenvalue weighted by Gasteiger charge is 2.37. The van der Waals surface area contributed by atoms with Crippen molar-refractivity contribution in [2.75, 3.05) is 7.11 Å². The van der Waals surface area contributed by atoms with Crippen molar-refractivity contribution in [3.05, 3.63) is 47.0 Å². The van der Waals surface area contributed by atoms with Gasteiger partial charge in [0, 0.05) is 5.41 Å². The van der Waals surface area contributed by atoms with Gasteiger partial charge >= 0.3 is 12.1 Å². The molecule has 0 aliphatic heterocycles. The summed E-state index contributed by atoms with van der Waals surface area (Å²) in [4.78, 5) is 11.5. The summed E-state index contributed by atoms with van der Waals surface area (Å²) in [5.41, 5.74) is -3.13. The first kappa shape index (κ1) is 17.1. The molecule has 0 spiro atoms. The molecule has 0 fully saturated rings. The second-order valence-electron chi connectivity index (χ2n) is 4.83. The summed E-state index contributed by atoms with van der Waals surface area (Å²) in [7, 11) is 0.952. The standard InChI is InChI=1S/C14H13F5O2/c1-13(2,10(11(15)16)12(20)21-3)8-4-6-9(7-5-8)14(17,18)19/h4-7H,1-3H3. The maximum atomic E-state index is 13.0. The number of alkyl halides is 3. The van der Waals surface area contributed by atoms with Gasteiger partial charge < -0.3 is 4.74 Å². The quantitative estimate of drug-likeness (QED) is 0.472. The molecule has 0 aliphatic rings. The van der Waals surface area contributed by atoms with Crippen LogP contribution in [0.25, 0.3) is 0 Å². The van der Waals surface area contributed by atoms with Crippen LogP contribution in [0.4, 0.5) is 22.0 Å². The number of benzene rings is 1. The van der Waals surface area contributed by atoms with Crippen molar-refractivity contribution in [3.63, 3.8) is 0 Å². The average molecular weight is 308 g/mol. The van der Waals surface area contributed by atoms with Crippen LogP contribution in [-0.2, 0) is 21.1 Å². The number of hydrogen-bond donors (Lipinski definition) is 0. The van der Waals surface area contributed by atoms with Gasteiger partial charge in [-0.25, -0.2) is 4.79 Å². The largest absolute Gasteiger partial charge is 0.465 e. The first-order valence-electron chi connectivity index (χ1n) is 5.83. The number of hydrogen-bond acceptors (Lipinski definition) is 2. The summed E-state index contributed by atoms with van der Waals surface area (Å²) in [5.74, 6) is -1.22. The van der Waals surface area contributed by atoms with Crippen molar-refractivity contribution in [1.29, 1.82) is 0 Å². The topological polar surface area (TPSA) is 26.3 Å². The van der Waals surface area contributed by atoms with E-state index in [-0.39, 0.29) is 5.56 Å². The fourth-order valence-corrected chi connectivity index (χ4v) is 1.89. The molecule has 0 saturated heterocycles. The molecular weight excluding hydrogens is 295 g/mol. The number of carbonyl (C=O) groups excluding carboxylic acids is 1. The Bertz CT molecular complexity index is 552. The number of ether oxygens (including phenoxy) is 1. The van der Waals surface area contributed by atoms with Crippen LogP contribution < -0.4 is 0 Å². The molecule has 0 radical (unpaired) electrons. The van der Waals surface area contributed by atoms with Crippen LogP contribution in [0, 0.1) is 0 Å². The minimum Gasteiger partial charge on any atom is -0.465 e. The molecule has 0 unspecified atom stereocenters. The van der Waals surface area contributed by atoms with Gasteiger partial charge in [0.15, 0.2) is 0 Å². The minimum atomic E-state index is -4.52. The molecule has 116 valence electrons. The van der Waals surface area contributed by atoms with E-state index in [0.717, 1.165) is 31.4 Å². The van der Waals surface area contributed by atoms with E-state index >= 15 is 0 Å². The van der Waals surface area contributed by atoms with Gasteiger partial charge in [0.1, 0.15) is 5.57 Å². The number of rotatable bonds is 3. The third-order valence-corrected chi connectivity index (χ3v) is 3.14. The number of carbonyl (C=O) groups is 1. The molecule has 0 saturated carbocycles. The third kappa shape index (κ3) is 3.59. The van der Waals surface area contributed by atoms with Crippen molar-refractivity contribution in [2.24, 2.45) is 0 Å². The lowest BCUT2D eigenvalue weighted by atomic mass is 9.77. The van der Waals surface area contributed by atoms with Gasteiger partial charge in [0.2, 0.25) is 0 Å². The minimum absolute atomic E-state index is 0.142. The SMILES string of the molecule is COC(=O)C(=C(F)F)C(C)(C)c1ccc(C(F)(F)F)cc1. The van der Waals surface area contributed by atoms with Crippen LogP contribution in [0.3, 0.4) is 0 Å². The van der Waals surface area contributed by atoms with E-state index in [1.54, 1.807) is 0 Å². The van der Waals surface area contributed by atoms with E-state index in [0.29, 0.717) is 0 Å². The summed E-state index contributed by atoms with van der Waals surface area (Å²) in [6.45, 7) is 2.61. The molecule has 0 bridgehead atoms. The van der Waals surface area contributed by atoms with E-state index in [1.165, 1.54) is 13.8 Å². The van der Waals surface area contributed by atoms with E-state index < -0.39 is 34.8 Å². The van der Waals surface area contributed by atoms with E-state index in [1.807, 2.05) is 0 Å². The first-order chi connectivity index (χ1) is 9.51. The summed E-state index contributed by atoms with van der Waals surface area (Å²) in [5, 5.41) is 0. The van der Waals surface area contributed by atoms with Crippen LogP contribution >= 0.6 is 0 Å². The van der Waals surface area contributed by atoms with E-state index in [4.69, 9.17) is 0 Å². The molecule has 0 aliphatic carbocycles. The van der Waals surface area contributed by atoms with Crippen molar-refractivity contribution in [1.82, 2.24) is 0 Å². The van der Waals surface area contributed by atoms with Crippen molar-refractivity contribution in [2.45, 2.75) is 25.4 Å². The molecule has 0 aromatic heterocycles. The van der Waals surface area contributed by atoms with Crippen LogP contribution in [0.1, 0.15) is 25.0 Å². The highest BCUT2D eigenvalue weighted by atomic mass is 19.4.